The Morgan fingerprint density at radius 1 is 1.03 bits per heavy atom. The maximum Gasteiger partial charge on any atom is 0.418 e. The van der Waals surface area contributed by atoms with E-state index in [2.05, 4.69) is 5.10 Å². The van der Waals surface area contributed by atoms with Gasteiger partial charge in [0.25, 0.3) is 5.91 Å². The SMILES string of the molecule is O=C(NS(=O)(=O)Cc1ccc(F)cc1)c1ccn(-c2ccccc2C(F)(F)F)n1. The van der Waals surface area contributed by atoms with Gasteiger partial charge in [-0.2, -0.15) is 18.3 Å². The second-order valence-electron chi connectivity index (χ2n) is 5.98. The van der Waals surface area contributed by atoms with Crippen LogP contribution < -0.4 is 4.72 Å². The molecule has 3 rings (SSSR count). The first kappa shape index (κ1) is 20.5. The molecular weight excluding hydrogens is 414 g/mol. The zero-order chi connectivity index (χ0) is 21.2. The molecule has 0 saturated carbocycles. The Morgan fingerprint density at radius 3 is 2.34 bits per heavy atom. The summed E-state index contributed by atoms with van der Waals surface area (Å²) in [6.45, 7) is 0. The Morgan fingerprint density at radius 2 is 1.69 bits per heavy atom. The molecule has 0 aliphatic heterocycles. The summed E-state index contributed by atoms with van der Waals surface area (Å²) in [5, 5.41) is 3.75. The third kappa shape index (κ3) is 4.99. The van der Waals surface area contributed by atoms with Crippen molar-refractivity contribution < 1.29 is 30.8 Å². The number of aromatic nitrogens is 2. The molecule has 0 aliphatic carbocycles. The summed E-state index contributed by atoms with van der Waals surface area (Å²) in [5.74, 6) is -2.23. The molecule has 11 heteroatoms. The van der Waals surface area contributed by atoms with E-state index in [0.717, 1.165) is 35.1 Å². The van der Waals surface area contributed by atoms with Crippen LogP contribution in [0.15, 0.2) is 60.8 Å². The highest BCUT2D eigenvalue weighted by Crippen LogP contribution is 2.33. The Hall–Kier alpha value is -3.21. The first-order chi connectivity index (χ1) is 13.5. The molecule has 0 saturated heterocycles. The largest absolute Gasteiger partial charge is 0.418 e. The summed E-state index contributed by atoms with van der Waals surface area (Å²) in [6, 6.07) is 10.4. The molecule has 0 atom stereocenters. The molecule has 29 heavy (non-hydrogen) atoms. The van der Waals surface area contributed by atoms with E-state index in [-0.39, 0.29) is 16.9 Å². The lowest BCUT2D eigenvalue weighted by Gasteiger charge is -2.12. The van der Waals surface area contributed by atoms with Crippen molar-refractivity contribution in [2.75, 3.05) is 0 Å². The first-order valence-electron chi connectivity index (χ1n) is 8.07. The van der Waals surface area contributed by atoms with Crippen LogP contribution in [0.5, 0.6) is 0 Å². The Kier molecular flexibility index (Phi) is 5.42. The molecule has 1 heterocycles. The number of nitrogens with zero attached hydrogens (tertiary/aromatic N) is 2. The number of carbonyl (C=O) groups is 1. The molecule has 1 amide bonds. The number of halogens is 4. The highest BCUT2D eigenvalue weighted by atomic mass is 32.2. The maximum absolute atomic E-state index is 13.1. The first-order valence-corrected chi connectivity index (χ1v) is 9.72. The molecular formula is C18H13F4N3O3S. The fraction of sp³-hybridized carbons (Fsp3) is 0.111. The van der Waals surface area contributed by atoms with Gasteiger partial charge in [-0.15, -0.1) is 0 Å². The van der Waals surface area contributed by atoms with Crippen molar-refractivity contribution in [3.05, 3.63) is 83.4 Å². The third-order valence-corrected chi connectivity index (χ3v) is 5.01. The zero-order valence-electron chi connectivity index (χ0n) is 14.5. The van der Waals surface area contributed by atoms with E-state index in [1.807, 2.05) is 0 Å². The lowest BCUT2D eigenvalue weighted by molar-refractivity contribution is -0.137. The summed E-state index contributed by atoms with van der Waals surface area (Å²) in [4.78, 5) is 12.2. The fourth-order valence-electron chi connectivity index (χ4n) is 2.52. The Balaban J connectivity index is 1.79. The van der Waals surface area contributed by atoms with E-state index in [4.69, 9.17) is 0 Å². The monoisotopic (exact) mass is 427 g/mol. The number of rotatable bonds is 5. The molecule has 0 spiro atoms. The van der Waals surface area contributed by atoms with Gasteiger partial charge in [-0.1, -0.05) is 24.3 Å². The van der Waals surface area contributed by atoms with Crippen LogP contribution in [0.1, 0.15) is 21.6 Å². The minimum Gasteiger partial charge on any atom is -0.266 e. The van der Waals surface area contributed by atoms with Crippen LogP contribution in [-0.2, 0) is 22.0 Å². The number of amides is 1. The molecule has 0 fully saturated rings. The van der Waals surface area contributed by atoms with E-state index < -0.39 is 39.2 Å². The minimum absolute atomic E-state index is 0.247. The van der Waals surface area contributed by atoms with Gasteiger partial charge in [0.1, 0.15) is 5.82 Å². The van der Waals surface area contributed by atoms with Crippen molar-refractivity contribution >= 4 is 15.9 Å². The Bertz CT molecular complexity index is 1140. The molecule has 0 unspecified atom stereocenters. The highest BCUT2D eigenvalue weighted by molar-refractivity contribution is 7.89. The number of para-hydroxylation sites is 1. The van der Waals surface area contributed by atoms with Gasteiger partial charge in [0.15, 0.2) is 5.69 Å². The van der Waals surface area contributed by atoms with Gasteiger partial charge in [-0.05, 0) is 35.9 Å². The number of benzene rings is 2. The second-order valence-corrected chi connectivity index (χ2v) is 7.70. The summed E-state index contributed by atoms with van der Waals surface area (Å²) < 4.78 is 79.2. The van der Waals surface area contributed by atoms with Gasteiger partial charge in [-0.3, -0.25) is 4.79 Å². The van der Waals surface area contributed by atoms with E-state index >= 15 is 0 Å². The molecule has 2 aromatic carbocycles. The van der Waals surface area contributed by atoms with Crippen molar-refractivity contribution in [2.45, 2.75) is 11.9 Å². The predicted octanol–water partition coefficient (Wildman–Crippen LogP) is 3.29. The molecule has 0 bridgehead atoms. The van der Waals surface area contributed by atoms with Crippen molar-refractivity contribution in [3.8, 4) is 5.69 Å². The van der Waals surface area contributed by atoms with E-state index in [1.165, 1.54) is 30.3 Å². The van der Waals surface area contributed by atoms with Crippen LogP contribution in [0.3, 0.4) is 0 Å². The average molecular weight is 427 g/mol. The van der Waals surface area contributed by atoms with E-state index in [0.29, 0.717) is 0 Å². The summed E-state index contributed by atoms with van der Waals surface area (Å²) >= 11 is 0. The lowest BCUT2D eigenvalue weighted by Crippen LogP contribution is -2.32. The number of alkyl halides is 3. The summed E-state index contributed by atoms with van der Waals surface area (Å²) in [5.41, 5.74) is -1.41. The summed E-state index contributed by atoms with van der Waals surface area (Å²) in [6.07, 6.45) is -3.52. The Labute approximate surface area is 162 Å². The van der Waals surface area contributed by atoms with E-state index in [9.17, 15) is 30.8 Å². The topological polar surface area (TPSA) is 81.1 Å². The number of sulfonamides is 1. The van der Waals surface area contributed by atoms with Crippen LogP contribution >= 0.6 is 0 Å². The predicted molar refractivity (Wildman–Crippen MR) is 95.1 cm³/mol. The molecule has 0 aliphatic rings. The fourth-order valence-corrected chi connectivity index (χ4v) is 3.61. The van der Waals surface area contributed by atoms with Gasteiger partial charge in [0, 0.05) is 6.20 Å². The van der Waals surface area contributed by atoms with Gasteiger partial charge >= 0.3 is 6.18 Å². The second kappa shape index (κ2) is 7.66. The maximum atomic E-state index is 13.1. The zero-order valence-corrected chi connectivity index (χ0v) is 15.3. The van der Waals surface area contributed by atoms with E-state index in [1.54, 1.807) is 4.72 Å². The quantitative estimate of drug-likeness (QED) is 0.634. The van der Waals surface area contributed by atoms with Gasteiger partial charge in [0.05, 0.1) is 17.0 Å². The molecule has 152 valence electrons. The van der Waals surface area contributed by atoms with Crippen molar-refractivity contribution in [2.24, 2.45) is 0 Å². The van der Waals surface area contributed by atoms with Crippen molar-refractivity contribution in [1.82, 2.24) is 14.5 Å². The van der Waals surface area contributed by atoms with Gasteiger partial charge in [-0.25, -0.2) is 22.2 Å². The third-order valence-electron chi connectivity index (χ3n) is 3.80. The number of hydrogen-bond acceptors (Lipinski definition) is 4. The van der Waals surface area contributed by atoms with Crippen LogP contribution in [0.25, 0.3) is 5.69 Å². The van der Waals surface area contributed by atoms with Gasteiger partial charge in [0.2, 0.25) is 10.0 Å². The highest BCUT2D eigenvalue weighted by Gasteiger charge is 2.34. The number of nitrogens with one attached hydrogen (secondary N) is 1. The minimum atomic E-state index is -4.64. The average Bonchev–Trinajstić information content (AvgIpc) is 3.13. The van der Waals surface area contributed by atoms with Crippen molar-refractivity contribution in [1.29, 1.82) is 0 Å². The number of hydrogen-bond donors (Lipinski definition) is 1. The number of carbonyl (C=O) groups excluding carboxylic acids is 1. The molecule has 1 N–H and O–H groups in total. The van der Waals surface area contributed by atoms with Crippen LogP contribution in [0.4, 0.5) is 17.6 Å². The molecule has 3 aromatic rings. The molecule has 1 aromatic heterocycles. The molecule has 0 radical (unpaired) electrons. The van der Waals surface area contributed by atoms with Crippen molar-refractivity contribution in [3.63, 3.8) is 0 Å². The lowest BCUT2D eigenvalue weighted by atomic mass is 10.2. The smallest absolute Gasteiger partial charge is 0.266 e. The molecule has 6 nitrogen and oxygen atoms in total. The van der Waals surface area contributed by atoms with Gasteiger partial charge < -0.3 is 0 Å². The van der Waals surface area contributed by atoms with Crippen LogP contribution in [0, 0.1) is 5.82 Å². The summed E-state index contributed by atoms with van der Waals surface area (Å²) in [7, 11) is -4.13. The standard InChI is InChI=1S/C18H13F4N3O3S/c19-13-7-5-12(6-8-13)11-29(27,28)24-17(26)15-9-10-25(23-15)16-4-2-1-3-14(16)18(20,21)22/h1-10H,11H2,(H,24,26). The van der Waals surface area contributed by atoms with Crippen LogP contribution in [0.2, 0.25) is 0 Å². The normalized spacial score (nSPS) is 12.0. The van der Waals surface area contributed by atoms with Crippen LogP contribution in [-0.4, -0.2) is 24.1 Å².